The Kier molecular flexibility index (Phi) is 4.47. The fourth-order valence-electron chi connectivity index (χ4n) is 1.51. The van der Waals surface area contributed by atoms with Crippen molar-refractivity contribution in [3.05, 3.63) is 35.4 Å². The second-order valence-corrected chi connectivity index (χ2v) is 4.59. The number of aryl methyl sites for hydroxylation is 1. The van der Waals surface area contributed by atoms with Gasteiger partial charge in [-0.1, -0.05) is 44.5 Å². The number of hydrogen-bond acceptors (Lipinski definition) is 0. The fourth-order valence-corrected chi connectivity index (χ4v) is 1.85. The van der Waals surface area contributed by atoms with Crippen molar-refractivity contribution < 1.29 is 0 Å². The van der Waals surface area contributed by atoms with Gasteiger partial charge in [0, 0.05) is 5.38 Å². The lowest BCUT2D eigenvalue weighted by atomic mass is 9.96. The molecule has 0 amide bonds. The lowest BCUT2D eigenvalue weighted by molar-refractivity contribution is 0.524. The lowest BCUT2D eigenvalue weighted by Crippen LogP contribution is -2.14. The molecule has 0 saturated carbocycles. The van der Waals surface area contributed by atoms with E-state index in [2.05, 4.69) is 45.0 Å². The van der Waals surface area contributed by atoms with Crippen LogP contribution in [0.15, 0.2) is 24.3 Å². The second kappa shape index (κ2) is 5.41. The fraction of sp³-hybridized carbons (Fsp3) is 0.538. The van der Waals surface area contributed by atoms with Crippen molar-refractivity contribution in [1.82, 2.24) is 0 Å². The molecule has 1 aromatic rings. The first kappa shape index (κ1) is 11.6. The average Bonchev–Trinajstić information content (AvgIpc) is 2.20. The Morgan fingerprint density at radius 3 is 2.50 bits per heavy atom. The molecular weight excluding hydrogens is 192 g/mol. The summed E-state index contributed by atoms with van der Waals surface area (Å²) in [5, 5.41) is 0.265. The molecule has 0 heterocycles. The molecule has 0 saturated heterocycles. The van der Waals surface area contributed by atoms with E-state index in [0.29, 0.717) is 5.92 Å². The van der Waals surface area contributed by atoms with Crippen LogP contribution in [0, 0.1) is 12.8 Å². The van der Waals surface area contributed by atoms with Gasteiger partial charge in [0.2, 0.25) is 0 Å². The summed E-state index contributed by atoms with van der Waals surface area (Å²) in [5.41, 5.74) is 2.73. The van der Waals surface area contributed by atoms with Crippen LogP contribution < -0.4 is 0 Å². The second-order valence-electron chi connectivity index (χ2n) is 4.03. The van der Waals surface area contributed by atoms with Gasteiger partial charge in [0.1, 0.15) is 0 Å². The summed E-state index contributed by atoms with van der Waals surface area (Å²) < 4.78 is 0. The number of hydrogen-bond donors (Lipinski definition) is 0. The van der Waals surface area contributed by atoms with Gasteiger partial charge in [0.25, 0.3) is 0 Å². The predicted octanol–water partition coefficient (Wildman–Crippen LogP) is 4.19. The molecule has 0 nitrogen and oxygen atoms in total. The van der Waals surface area contributed by atoms with Crippen molar-refractivity contribution in [3.63, 3.8) is 0 Å². The van der Waals surface area contributed by atoms with Gasteiger partial charge in [-0.3, -0.25) is 0 Å². The van der Waals surface area contributed by atoms with Crippen LogP contribution in [0.2, 0.25) is 0 Å². The van der Waals surface area contributed by atoms with Gasteiger partial charge in [0.05, 0.1) is 0 Å². The molecule has 0 radical (unpaired) electrons. The third-order valence-corrected chi connectivity index (χ3v) is 3.52. The van der Waals surface area contributed by atoms with Gasteiger partial charge in [-0.15, -0.1) is 11.6 Å². The van der Waals surface area contributed by atoms with Crippen LogP contribution in [0.3, 0.4) is 0 Å². The first-order valence-corrected chi connectivity index (χ1v) is 5.77. The molecule has 14 heavy (non-hydrogen) atoms. The van der Waals surface area contributed by atoms with Gasteiger partial charge in [-0.2, -0.15) is 0 Å². The molecule has 0 spiro atoms. The van der Waals surface area contributed by atoms with Crippen LogP contribution in [0.4, 0.5) is 0 Å². The van der Waals surface area contributed by atoms with Crippen LogP contribution in [-0.2, 0) is 6.42 Å². The molecule has 78 valence electrons. The van der Waals surface area contributed by atoms with E-state index >= 15 is 0 Å². The highest BCUT2D eigenvalue weighted by molar-refractivity contribution is 6.20. The van der Waals surface area contributed by atoms with Crippen molar-refractivity contribution in [1.29, 1.82) is 0 Å². The third kappa shape index (κ3) is 3.02. The molecule has 1 aromatic carbocycles. The average molecular weight is 211 g/mol. The summed E-state index contributed by atoms with van der Waals surface area (Å²) in [4.78, 5) is 0. The van der Waals surface area contributed by atoms with Crippen LogP contribution in [0.1, 0.15) is 31.4 Å². The van der Waals surface area contributed by atoms with Crippen LogP contribution in [0.5, 0.6) is 0 Å². The molecule has 2 unspecified atom stereocenters. The highest BCUT2D eigenvalue weighted by Crippen LogP contribution is 2.20. The van der Waals surface area contributed by atoms with Gasteiger partial charge >= 0.3 is 0 Å². The van der Waals surface area contributed by atoms with E-state index in [1.807, 2.05) is 0 Å². The van der Waals surface area contributed by atoms with Gasteiger partial charge in [-0.25, -0.2) is 0 Å². The van der Waals surface area contributed by atoms with Crippen molar-refractivity contribution in [3.8, 4) is 0 Å². The highest BCUT2D eigenvalue weighted by Gasteiger charge is 2.13. The van der Waals surface area contributed by atoms with E-state index in [9.17, 15) is 0 Å². The molecule has 1 heteroatoms. The maximum atomic E-state index is 6.34. The lowest BCUT2D eigenvalue weighted by Gasteiger charge is -2.17. The maximum absolute atomic E-state index is 6.34. The molecule has 0 aliphatic carbocycles. The molecule has 0 aliphatic heterocycles. The van der Waals surface area contributed by atoms with E-state index in [-0.39, 0.29) is 5.38 Å². The van der Waals surface area contributed by atoms with Gasteiger partial charge in [-0.05, 0) is 30.4 Å². The molecule has 0 aromatic heterocycles. The molecule has 2 atom stereocenters. The first-order valence-electron chi connectivity index (χ1n) is 5.33. The van der Waals surface area contributed by atoms with E-state index in [1.54, 1.807) is 0 Å². The Morgan fingerprint density at radius 2 is 1.93 bits per heavy atom. The standard InChI is InChI=1S/C13H19Cl/c1-4-10(2)13(14)9-12-8-6-5-7-11(12)3/h5-8,10,13H,4,9H2,1-3H3. The van der Waals surface area contributed by atoms with Crippen LogP contribution in [0.25, 0.3) is 0 Å². The summed E-state index contributed by atoms with van der Waals surface area (Å²) in [7, 11) is 0. The van der Waals surface area contributed by atoms with Crippen molar-refractivity contribution >= 4 is 11.6 Å². The molecule has 1 rings (SSSR count). The maximum Gasteiger partial charge on any atom is 0.0401 e. The predicted molar refractivity (Wildman–Crippen MR) is 64.0 cm³/mol. The largest absolute Gasteiger partial charge is 0.122 e. The third-order valence-electron chi connectivity index (χ3n) is 2.94. The zero-order valence-corrected chi connectivity index (χ0v) is 10.0. The number of halogens is 1. The van der Waals surface area contributed by atoms with Crippen LogP contribution >= 0.6 is 11.6 Å². The Morgan fingerprint density at radius 1 is 1.29 bits per heavy atom. The normalized spacial score (nSPS) is 15.1. The quantitative estimate of drug-likeness (QED) is 0.654. The van der Waals surface area contributed by atoms with E-state index < -0.39 is 0 Å². The van der Waals surface area contributed by atoms with Crippen molar-refractivity contribution in [2.45, 2.75) is 39.0 Å². The van der Waals surface area contributed by atoms with Crippen molar-refractivity contribution in [2.75, 3.05) is 0 Å². The summed E-state index contributed by atoms with van der Waals surface area (Å²) in [5.74, 6) is 0.594. The van der Waals surface area contributed by atoms with Gasteiger partial charge in [0.15, 0.2) is 0 Å². The smallest absolute Gasteiger partial charge is 0.0401 e. The summed E-state index contributed by atoms with van der Waals surface area (Å²) in [6.07, 6.45) is 2.14. The van der Waals surface area contributed by atoms with Crippen LogP contribution in [-0.4, -0.2) is 5.38 Å². The summed E-state index contributed by atoms with van der Waals surface area (Å²) in [6, 6.07) is 8.48. The minimum Gasteiger partial charge on any atom is -0.122 e. The highest BCUT2D eigenvalue weighted by atomic mass is 35.5. The number of rotatable bonds is 4. The summed E-state index contributed by atoms with van der Waals surface area (Å²) in [6.45, 7) is 6.56. The molecule has 0 N–H and O–H groups in total. The number of alkyl halides is 1. The Balaban J connectivity index is 2.64. The molecule has 0 fully saturated rings. The van der Waals surface area contributed by atoms with Crippen molar-refractivity contribution in [2.24, 2.45) is 5.92 Å². The Labute approximate surface area is 92.3 Å². The molecule has 0 aliphatic rings. The summed E-state index contributed by atoms with van der Waals surface area (Å²) >= 11 is 6.34. The Hall–Kier alpha value is -0.490. The Bertz CT molecular complexity index is 280. The minimum absolute atomic E-state index is 0.265. The van der Waals surface area contributed by atoms with E-state index in [0.717, 1.165) is 12.8 Å². The first-order chi connectivity index (χ1) is 6.65. The molecular formula is C13H19Cl. The van der Waals surface area contributed by atoms with E-state index in [4.69, 9.17) is 11.6 Å². The monoisotopic (exact) mass is 210 g/mol. The van der Waals surface area contributed by atoms with Gasteiger partial charge < -0.3 is 0 Å². The van der Waals surface area contributed by atoms with E-state index in [1.165, 1.54) is 11.1 Å². The minimum atomic E-state index is 0.265. The SMILES string of the molecule is CCC(C)C(Cl)Cc1ccccc1C. The zero-order valence-electron chi connectivity index (χ0n) is 9.26. The number of benzene rings is 1. The zero-order chi connectivity index (χ0) is 10.6. The molecule has 0 bridgehead atoms. The topological polar surface area (TPSA) is 0 Å².